The van der Waals surface area contributed by atoms with Gasteiger partial charge in [-0.3, -0.25) is 10.4 Å². The van der Waals surface area contributed by atoms with Crippen molar-refractivity contribution in [2.24, 2.45) is 5.10 Å². The van der Waals surface area contributed by atoms with E-state index in [1.807, 2.05) is 55.5 Å². The molecule has 0 aliphatic rings. The van der Waals surface area contributed by atoms with E-state index in [-0.39, 0.29) is 0 Å². The van der Waals surface area contributed by atoms with Gasteiger partial charge >= 0.3 is 0 Å². The predicted octanol–water partition coefficient (Wildman–Crippen LogP) is 5.38. The van der Waals surface area contributed by atoms with Gasteiger partial charge in [0.25, 0.3) is 0 Å². The average molecular weight is 330 g/mol. The zero-order chi connectivity index (χ0) is 15.5. The van der Waals surface area contributed by atoms with Gasteiger partial charge in [0.1, 0.15) is 0 Å². The van der Waals surface area contributed by atoms with Crippen LogP contribution in [0.4, 0.5) is 5.69 Å². The Morgan fingerprint density at radius 3 is 2.50 bits per heavy atom. The minimum absolute atomic E-state index is 0.665. The average Bonchev–Trinajstić information content (AvgIpc) is 2.52. The minimum atomic E-state index is 0.665. The lowest BCUT2D eigenvalue weighted by molar-refractivity contribution is 1.31. The van der Waals surface area contributed by atoms with Crippen molar-refractivity contribution < 1.29 is 0 Å². The second-order valence-electron chi connectivity index (χ2n) is 4.84. The van der Waals surface area contributed by atoms with Crippen LogP contribution in [0, 0.1) is 0 Å². The molecule has 3 rings (SSSR count). The molecule has 110 valence electrons. The van der Waals surface area contributed by atoms with E-state index in [4.69, 9.17) is 23.2 Å². The van der Waals surface area contributed by atoms with Crippen LogP contribution in [0.5, 0.6) is 0 Å². The standard InChI is InChI=1S/C17H13Cl2N3/c1-11(12-2-4-13(18)5-3-12)21-22-16-8-9-20-17-10-14(19)6-7-15(16)17/h2-10H,1H3,(H,20,22)/b21-11+. The SMILES string of the molecule is C/C(=N\Nc1ccnc2cc(Cl)ccc12)c1ccc(Cl)cc1. The van der Waals surface area contributed by atoms with E-state index in [0.29, 0.717) is 10.0 Å². The monoisotopic (exact) mass is 329 g/mol. The zero-order valence-electron chi connectivity index (χ0n) is 11.8. The van der Waals surface area contributed by atoms with Crippen molar-refractivity contribution in [3.8, 4) is 0 Å². The molecule has 1 N–H and O–H groups in total. The Hall–Kier alpha value is -2.10. The summed E-state index contributed by atoms with van der Waals surface area (Å²) >= 11 is 11.9. The van der Waals surface area contributed by atoms with Crippen LogP contribution in [0.3, 0.4) is 0 Å². The number of pyridine rings is 1. The smallest absolute Gasteiger partial charge is 0.0738 e. The molecule has 0 radical (unpaired) electrons. The van der Waals surface area contributed by atoms with Crippen molar-refractivity contribution in [2.75, 3.05) is 5.43 Å². The van der Waals surface area contributed by atoms with Crippen molar-refractivity contribution in [3.05, 3.63) is 70.3 Å². The van der Waals surface area contributed by atoms with Gasteiger partial charge in [0.05, 0.1) is 16.9 Å². The van der Waals surface area contributed by atoms with E-state index in [1.165, 1.54) is 0 Å². The summed E-state index contributed by atoms with van der Waals surface area (Å²) in [5, 5.41) is 6.78. The van der Waals surface area contributed by atoms with Gasteiger partial charge in [0.15, 0.2) is 0 Å². The fourth-order valence-corrected chi connectivity index (χ4v) is 2.41. The van der Waals surface area contributed by atoms with E-state index in [1.54, 1.807) is 6.20 Å². The van der Waals surface area contributed by atoms with Gasteiger partial charge in [-0.05, 0) is 48.9 Å². The Bertz CT molecular complexity index is 842. The highest BCUT2D eigenvalue weighted by Gasteiger charge is 2.03. The molecule has 0 fully saturated rings. The van der Waals surface area contributed by atoms with Crippen molar-refractivity contribution in [2.45, 2.75) is 6.92 Å². The summed E-state index contributed by atoms with van der Waals surface area (Å²) < 4.78 is 0. The fourth-order valence-electron chi connectivity index (χ4n) is 2.12. The highest BCUT2D eigenvalue weighted by atomic mass is 35.5. The number of hydrogen-bond donors (Lipinski definition) is 1. The summed E-state index contributed by atoms with van der Waals surface area (Å²) in [6.07, 6.45) is 1.73. The Balaban J connectivity index is 1.90. The highest BCUT2D eigenvalue weighted by Crippen LogP contribution is 2.24. The van der Waals surface area contributed by atoms with Gasteiger partial charge in [-0.15, -0.1) is 0 Å². The molecule has 1 heterocycles. The van der Waals surface area contributed by atoms with Gasteiger partial charge < -0.3 is 0 Å². The van der Waals surface area contributed by atoms with Crippen LogP contribution in [0.15, 0.2) is 59.8 Å². The molecule has 0 amide bonds. The van der Waals surface area contributed by atoms with Gasteiger partial charge in [0, 0.05) is 21.6 Å². The molecule has 3 aromatic rings. The van der Waals surface area contributed by atoms with E-state index >= 15 is 0 Å². The Labute approximate surface area is 138 Å². The number of aromatic nitrogens is 1. The Morgan fingerprint density at radius 1 is 1.00 bits per heavy atom. The third-order valence-corrected chi connectivity index (χ3v) is 3.80. The number of hydrogen-bond acceptors (Lipinski definition) is 3. The summed E-state index contributed by atoms with van der Waals surface area (Å²) in [4.78, 5) is 4.31. The van der Waals surface area contributed by atoms with Crippen molar-refractivity contribution >= 4 is 45.5 Å². The maximum absolute atomic E-state index is 5.99. The third-order valence-electron chi connectivity index (χ3n) is 3.31. The number of fused-ring (bicyclic) bond motifs is 1. The number of anilines is 1. The zero-order valence-corrected chi connectivity index (χ0v) is 13.4. The van der Waals surface area contributed by atoms with Gasteiger partial charge in [-0.1, -0.05) is 35.3 Å². The first-order valence-corrected chi connectivity index (χ1v) is 7.49. The maximum Gasteiger partial charge on any atom is 0.0738 e. The van der Waals surface area contributed by atoms with Crippen molar-refractivity contribution in [1.82, 2.24) is 4.98 Å². The van der Waals surface area contributed by atoms with E-state index < -0.39 is 0 Å². The number of halogens is 2. The van der Waals surface area contributed by atoms with Gasteiger partial charge in [0.2, 0.25) is 0 Å². The lowest BCUT2D eigenvalue weighted by Gasteiger charge is -2.07. The second kappa shape index (κ2) is 6.34. The summed E-state index contributed by atoms with van der Waals surface area (Å²) in [6, 6.07) is 15.1. The molecule has 5 heteroatoms. The first kappa shape index (κ1) is 14.8. The summed E-state index contributed by atoms with van der Waals surface area (Å²) in [5.41, 5.74) is 6.69. The number of rotatable bonds is 3. The van der Waals surface area contributed by atoms with E-state index in [2.05, 4.69) is 15.5 Å². The summed E-state index contributed by atoms with van der Waals surface area (Å²) in [7, 11) is 0. The van der Waals surface area contributed by atoms with Crippen LogP contribution in [0.25, 0.3) is 10.9 Å². The van der Waals surface area contributed by atoms with Gasteiger partial charge in [-0.25, -0.2) is 0 Å². The first-order valence-electron chi connectivity index (χ1n) is 6.74. The summed E-state index contributed by atoms with van der Waals surface area (Å²) in [5.74, 6) is 0. The lowest BCUT2D eigenvalue weighted by Crippen LogP contribution is -2.00. The van der Waals surface area contributed by atoms with Crippen LogP contribution in [-0.2, 0) is 0 Å². The number of nitrogens with zero attached hydrogens (tertiary/aromatic N) is 2. The predicted molar refractivity (Wildman–Crippen MR) is 94.0 cm³/mol. The molecule has 0 bridgehead atoms. The third kappa shape index (κ3) is 3.21. The minimum Gasteiger partial charge on any atom is -0.277 e. The number of nitrogens with one attached hydrogen (secondary N) is 1. The van der Waals surface area contributed by atoms with Crippen LogP contribution in [0.2, 0.25) is 10.0 Å². The molecule has 1 aromatic heterocycles. The largest absolute Gasteiger partial charge is 0.277 e. The molecule has 0 aliphatic heterocycles. The Morgan fingerprint density at radius 2 is 1.73 bits per heavy atom. The fraction of sp³-hybridized carbons (Fsp3) is 0.0588. The normalized spacial score (nSPS) is 11.7. The van der Waals surface area contributed by atoms with E-state index in [9.17, 15) is 0 Å². The van der Waals surface area contributed by atoms with Crippen LogP contribution in [-0.4, -0.2) is 10.7 Å². The van der Waals surface area contributed by atoms with Crippen LogP contribution in [0.1, 0.15) is 12.5 Å². The molecule has 2 aromatic carbocycles. The Kier molecular flexibility index (Phi) is 4.27. The molecule has 0 saturated carbocycles. The molecule has 0 saturated heterocycles. The maximum atomic E-state index is 5.99. The van der Waals surface area contributed by atoms with Crippen LogP contribution < -0.4 is 5.43 Å². The van der Waals surface area contributed by atoms with E-state index in [0.717, 1.165) is 27.9 Å². The van der Waals surface area contributed by atoms with Gasteiger partial charge in [-0.2, -0.15) is 5.10 Å². The van der Waals surface area contributed by atoms with Crippen molar-refractivity contribution in [1.29, 1.82) is 0 Å². The quantitative estimate of drug-likeness (QED) is 0.517. The lowest BCUT2D eigenvalue weighted by atomic mass is 10.1. The highest BCUT2D eigenvalue weighted by molar-refractivity contribution is 6.31. The second-order valence-corrected chi connectivity index (χ2v) is 5.71. The molecule has 3 nitrogen and oxygen atoms in total. The molecular weight excluding hydrogens is 317 g/mol. The topological polar surface area (TPSA) is 37.3 Å². The van der Waals surface area contributed by atoms with Crippen LogP contribution >= 0.6 is 23.2 Å². The molecule has 0 aliphatic carbocycles. The van der Waals surface area contributed by atoms with Crippen molar-refractivity contribution in [3.63, 3.8) is 0 Å². The number of benzene rings is 2. The molecular formula is C17H13Cl2N3. The first-order chi connectivity index (χ1) is 10.6. The molecule has 0 unspecified atom stereocenters. The molecule has 22 heavy (non-hydrogen) atoms. The summed E-state index contributed by atoms with van der Waals surface area (Å²) in [6.45, 7) is 1.94. The molecule has 0 atom stereocenters. The number of hydrazone groups is 1. The molecule has 0 spiro atoms.